The molecule has 0 bridgehead atoms. The van der Waals surface area contributed by atoms with Crippen LogP contribution in [0.25, 0.3) is 44.1 Å². The van der Waals surface area contributed by atoms with Gasteiger partial charge in [-0.1, -0.05) is 78.9 Å². The third-order valence-electron chi connectivity index (χ3n) is 7.37. The molecule has 0 fully saturated rings. The summed E-state index contributed by atoms with van der Waals surface area (Å²) in [5.74, 6) is -1.19. The lowest BCUT2D eigenvalue weighted by Crippen LogP contribution is -2.29. The van der Waals surface area contributed by atoms with Gasteiger partial charge in [-0.3, -0.25) is 9.59 Å². The number of para-hydroxylation sites is 1. The van der Waals surface area contributed by atoms with Crippen LogP contribution in [0.5, 0.6) is 0 Å². The molecule has 0 radical (unpaired) electrons. The van der Waals surface area contributed by atoms with E-state index in [1.54, 1.807) is 30.3 Å². The van der Waals surface area contributed by atoms with Gasteiger partial charge in [0.25, 0.3) is 11.8 Å². The molecule has 0 spiro atoms. The second kappa shape index (κ2) is 8.25. The molecule has 0 N–H and O–H groups in total. The van der Waals surface area contributed by atoms with Gasteiger partial charge in [-0.05, 0) is 41.5 Å². The van der Waals surface area contributed by atoms with Gasteiger partial charge in [-0.25, -0.2) is 9.29 Å². The Morgan fingerprint density at radius 3 is 1.79 bits per heavy atom. The molecule has 1 aromatic heterocycles. The van der Waals surface area contributed by atoms with Gasteiger partial charge < -0.3 is 4.57 Å². The Kier molecular flexibility index (Phi) is 4.82. The first-order valence-electron chi connectivity index (χ1n) is 12.4. The van der Waals surface area contributed by atoms with Crippen LogP contribution in [0.2, 0.25) is 0 Å². The molecule has 182 valence electrons. The third-order valence-corrected chi connectivity index (χ3v) is 7.37. The van der Waals surface area contributed by atoms with E-state index in [2.05, 4.69) is 0 Å². The van der Waals surface area contributed by atoms with E-state index in [0.29, 0.717) is 33.2 Å². The quantitative estimate of drug-likeness (QED) is 0.237. The second-order valence-electron chi connectivity index (χ2n) is 9.46. The second-order valence-corrected chi connectivity index (χ2v) is 9.46. The molecule has 0 saturated carbocycles. The summed E-state index contributed by atoms with van der Waals surface area (Å²) in [7, 11) is 1.92. The van der Waals surface area contributed by atoms with Gasteiger partial charge in [0.1, 0.15) is 5.82 Å². The normalized spacial score (nSPS) is 13.1. The first kappa shape index (κ1) is 22.2. The van der Waals surface area contributed by atoms with Crippen molar-refractivity contribution >= 4 is 39.3 Å². The molecule has 1 aliphatic rings. The lowest BCUT2D eigenvalue weighted by Gasteiger charge is -2.17. The van der Waals surface area contributed by atoms with Gasteiger partial charge in [0.05, 0.1) is 22.3 Å². The number of hydrogen-bond donors (Lipinski definition) is 0. The van der Waals surface area contributed by atoms with Crippen molar-refractivity contribution in [2.75, 3.05) is 4.90 Å². The molecule has 0 saturated heterocycles. The van der Waals surface area contributed by atoms with E-state index in [4.69, 9.17) is 0 Å². The van der Waals surface area contributed by atoms with Crippen molar-refractivity contribution in [1.29, 1.82) is 0 Å². The zero-order valence-corrected chi connectivity index (χ0v) is 20.5. The molecule has 5 heteroatoms. The zero-order valence-electron chi connectivity index (χ0n) is 20.5. The van der Waals surface area contributed by atoms with Crippen LogP contribution in [0.4, 0.5) is 10.1 Å². The van der Waals surface area contributed by atoms with E-state index >= 15 is 0 Å². The number of hydrogen-bond acceptors (Lipinski definition) is 2. The lowest BCUT2D eigenvalue weighted by atomic mass is 9.85. The molecular formula is C33H21FN2O2. The van der Waals surface area contributed by atoms with E-state index < -0.39 is 11.7 Å². The topological polar surface area (TPSA) is 42.3 Å². The number of halogens is 1. The molecule has 7 rings (SSSR count). The Morgan fingerprint density at radius 1 is 0.605 bits per heavy atom. The Morgan fingerprint density at radius 2 is 1.16 bits per heavy atom. The Labute approximate surface area is 218 Å². The molecule has 4 nitrogen and oxygen atoms in total. The van der Waals surface area contributed by atoms with Gasteiger partial charge in [-0.15, -0.1) is 0 Å². The minimum Gasteiger partial charge on any atom is -0.343 e. The molecule has 0 unspecified atom stereocenters. The van der Waals surface area contributed by atoms with Gasteiger partial charge in [0, 0.05) is 34.5 Å². The first-order chi connectivity index (χ1) is 18.6. The van der Waals surface area contributed by atoms with Crippen molar-refractivity contribution < 1.29 is 14.0 Å². The summed E-state index contributed by atoms with van der Waals surface area (Å²) in [6.45, 7) is 0. The first-order valence-corrected chi connectivity index (χ1v) is 12.4. The van der Waals surface area contributed by atoms with E-state index in [1.165, 1.54) is 17.0 Å². The Balaban J connectivity index is 1.74. The molecule has 6 aromatic rings. The fraction of sp³-hybridized carbons (Fsp3) is 0.0303. The van der Waals surface area contributed by atoms with Gasteiger partial charge in [0.15, 0.2) is 0 Å². The molecule has 2 heterocycles. The highest BCUT2D eigenvalue weighted by Crippen LogP contribution is 2.49. The Hall–Kier alpha value is -5.03. The van der Waals surface area contributed by atoms with Crippen molar-refractivity contribution in [1.82, 2.24) is 4.57 Å². The number of carbonyl (C=O) groups excluding carboxylic acids is 2. The number of rotatable bonds is 3. The SMILES string of the molecule is Cn1c2ccc(F)cc2c2c3c(c(-c4ccccc4)c(-c4ccccc4)c21)C(=O)N(c1ccccc1)C3=O. The standard InChI is InChI=1S/C33H21FN2O2/c1-35-25-18-17-22(34)19-24(25)28-30-29(32(37)36(33(30)38)23-15-9-4-10-16-23)26(20-11-5-2-6-12-20)27(31(28)35)21-13-7-3-8-14-21/h2-19H,1H3. The highest BCUT2D eigenvalue weighted by atomic mass is 19.1. The average Bonchev–Trinajstić information content (AvgIpc) is 3.38. The number of fused-ring (bicyclic) bond motifs is 5. The zero-order chi connectivity index (χ0) is 26.0. The highest BCUT2D eigenvalue weighted by molar-refractivity contribution is 6.42. The number of benzene rings is 5. The molecule has 0 aliphatic carbocycles. The highest BCUT2D eigenvalue weighted by Gasteiger charge is 2.43. The summed E-state index contributed by atoms with van der Waals surface area (Å²) >= 11 is 0. The minimum atomic E-state index is -0.408. The van der Waals surface area contributed by atoms with E-state index in [0.717, 1.165) is 27.7 Å². The maximum atomic E-state index is 14.6. The van der Waals surface area contributed by atoms with Crippen molar-refractivity contribution in [2.45, 2.75) is 0 Å². The predicted molar refractivity (Wildman–Crippen MR) is 149 cm³/mol. The van der Waals surface area contributed by atoms with Crippen LogP contribution in [-0.2, 0) is 7.05 Å². The smallest absolute Gasteiger partial charge is 0.266 e. The number of aryl methyl sites for hydroxylation is 1. The van der Waals surface area contributed by atoms with Gasteiger partial charge in [-0.2, -0.15) is 0 Å². The number of amides is 2. The molecule has 38 heavy (non-hydrogen) atoms. The molecule has 5 aromatic carbocycles. The van der Waals surface area contributed by atoms with Crippen LogP contribution in [0.3, 0.4) is 0 Å². The van der Waals surface area contributed by atoms with Crippen LogP contribution in [-0.4, -0.2) is 16.4 Å². The number of anilines is 1. The van der Waals surface area contributed by atoms with Gasteiger partial charge in [0.2, 0.25) is 0 Å². The van der Waals surface area contributed by atoms with Crippen molar-refractivity contribution in [3.8, 4) is 22.3 Å². The van der Waals surface area contributed by atoms with Crippen LogP contribution in [0, 0.1) is 5.82 Å². The number of imide groups is 1. The van der Waals surface area contributed by atoms with E-state index in [9.17, 15) is 14.0 Å². The van der Waals surface area contributed by atoms with Crippen molar-refractivity contribution in [3.63, 3.8) is 0 Å². The molecule has 2 amide bonds. The maximum absolute atomic E-state index is 14.6. The minimum absolute atomic E-state index is 0.309. The van der Waals surface area contributed by atoms with Crippen molar-refractivity contribution in [2.24, 2.45) is 7.05 Å². The monoisotopic (exact) mass is 496 g/mol. The fourth-order valence-electron chi connectivity index (χ4n) is 5.79. The Bertz CT molecular complexity index is 1910. The summed E-state index contributed by atoms with van der Waals surface area (Å²) in [5, 5.41) is 1.19. The third kappa shape index (κ3) is 3.02. The fourth-order valence-corrected chi connectivity index (χ4v) is 5.79. The molecule has 0 atom stereocenters. The van der Waals surface area contributed by atoms with Crippen molar-refractivity contribution in [3.05, 3.63) is 126 Å². The predicted octanol–water partition coefficient (Wildman–Crippen LogP) is 7.61. The number of aromatic nitrogens is 1. The van der Waals surface area contributed by atoms with E-state index in [-0.39, 0.29) is 5.91 Å². The number of carbonyl (C=O) groups is 2. The van der Waals surface area contributed by atoms with Crippen LogP contribution in [0.15, 0.2) is 109 Å². The summed E-state index contributed by atoms with van der Waals surface area (Å²) < 4.78 is 16.6. The summed E-state index contributed by atoms with van der Waals surface area (Å²) in [6, 6.07) is 33.1. The van der Waals surface area contributed by atoms with Crippen LogP contribution < -0.4 is 4.90 Å². The van der Waals surface area contributed by atoms with Gasteiger partial charge >= 0.3 is 0 Å². The largest absolute Gasteiger partial charge is 0.343 e. The van der Waals surface area contributed by atoms with Crippen LogP contribution >= 0.6 is 0 Å². The summed E-state index contributed by atoms with van der Waals surface area (Å²) in [5.41, 5.74) is 5.98. The average molecular weight is 497 g/mol. The summed E-state index contributed by atoms with van der Waals surface area (Å²) in [4.78, 5) is 29.7. The van der Waals surface area contributed by atoms with E-state index in [1.807, 2.05) is 78.3 Å². The summed E-state index contributed by atoms with van der Waals surface area (Å²) in [6.07, 6.45) is 0. The maximum Gasteiger partial charge on any atom is 0.266 e. The van der Waals surface area contributed by atoms with Crippen LogP contribution in [0.1, 0.15) is 20.7 Å². The molecular weight excluding hydrogens is 475 g/mol. The molecule has 1 aliphatic heterocycles. The lowest BCUT2D eigenvalue weighted by molar-refractivity contribution is 0.0927. The number of nitrogens with zero attached hydrogens (tertiary/aromatic N) is 2.